The molecule has 0 atom stereocenters. The van der Waals surface area contributed by atoms with Crippen LogP contribution >= 0.6 is 11.6 Å². The molecular weight excluding hydrogens is 320 g/mol. The number of nitrogens with zero attached hydrogens (tertiary/aromatic N) is 1. The van der Waals surface area contributed by atoms with E-state index in [1.165, 1.54) is 6.20 Å². The van der Waals surface area contributed by atoms with Crippen molar-refractivity contribution in [3.05, 3.63) is 22.8 Å². The lowest BCUT2D eigenvalue weighted by molar-refractivity contribution is 0.0238. The number of hydrogen-bond acceptors (Lipinski definition) is 5. The summed E-state index contributed by atoms with van der Waals surface area (Å²) >= 11 is 6.18. The molecule has 1 fully saturated rings. The van der Waals surface area contributed by atoms with Gasteiger partial charge < -0.3 is 19.5 Å². The molecule has 23 heavy (non-hydrogen) atoms. The SMILES string of the molecule is CCOCCCNC(=O)c1cnc(OC2CCOCC2)c(Cl)c1. The summed E-state index contributed by atoms with van der Waals surface area (Å²) in [5.41, 5.74) is 0.422. The molecule has 1 saturated heterocycles. The van der Waals surface area contributed by atoms with E-state index in [2.05, 4.69) is 10.3 Å². The van der Waals surface area contributed by atoms with Crippen LogP contribution in [0, 0.1) is 0 Å². The summed E-state index contributed by atoms with van der Waals surface area (Å²) < 4.78 is 16.3. The van der Waals surface area contributed by atoms with Gasteiger partial charge in [0.05, 0.1) is 18.8 Å². The molecule has 1 aromatic rings. The van der Waals surface area contributed by atoms with E-state index in [1.54, 1.807) is 6.07 Å². The highest BCUT2D eigenvalue weighted by Gasteiger charge is 2.18. The van der Waals surface area contributed by atoms with Crippen LogP contribution in [0.15, 0.2) is 12.3 Å². The molecule has 1 aliphatic rings. The van der Waals surface area contributed by atoms with Crippen LogP contribution in [0.1, 0.15) is 36.5 Å². The van der Waals surface area contributed by atoms with Crippen LogP contribution in [0.4, 0.5) is 0 Å². The van der Waals surface area contributed by atoms with Crippen LogP contribution in [0.3, 0.4) is 0 Å². The van der Waals surface area contributed by atoms with Crippen molar-refractivity contribution in [1.82, 2.24) is 10.3 Å². The average molecular weight is 343 g/mol. The lowest BCUT2D eigenvalue weighted by Crippen LogP contribution is -2.27. The van der Waals surface area contributed by atoms with Crippen LogP contribution in [-0.4, -0.2) is 50.0 Å². The van der Waals surface area contributed by atoms with Crippen LogP contribution < -0.4 is 10.1 Å². The van der Waals surface area contributed by atoms with Crippen molar-refractivity contribution >= 4 is 17.5 Å². The summed E-state index contributed by atoms with van der Waals surface area (Å²) in [4.78, 5) is 16.2. The smallest absolute Gasteiger partial charge is 0.252 e. The normalized spacial score (nSPS) is 15.4. The predicted molar refractivity (Wildman–Crippen MR) is 87.2 cm³/mol. The number of aromatic nitrogens is 1. The van der Waals surface area contributed by atoms with E-state index in [0.717, 1.165) is 19.3 Å². The van der Waals surface area contributed by atoms with Crippen molar-refractivity contribution in [1.29, 1.82) is 0 Å². The van der Waals surface area contributed by atoms with Gasteiger partial charge in [0.25, 0.3) is 5.91 Å². The monoisotopic (exact) mass is 342 g/mol. The zero-order valence-corrected chi connectivity index (χ0v) is 14.1. The molecule has 0 unspecified atom stereocenters. The summed E-state index contributed by atoms with van der Waals surface area (Å²) in [5.74, 6) is 0.167. The zero-order valence-electron chi connectivity index (χ0n) is 13.3. The number of carbonyl (C=O) groups excluding carboxylic acids is 1. The molecule has 6 nitrogen and oxygen atoms in total. The fraction of sp³-hybridized carbons (Fsp3) is 0.625. The second kappa shape index (κ2) is 9.70. The molecule has 128 valence electrons. The van der Waals surface area contributed by atoms with Crippen LogP contribution in [0.5, 0.6) is 5.88 Å². The number of nitrogens with one attached hydrogen (secondary N) is 1. The molecule has 1 aliphatic heterocycles. The van der Waals surface area contributed by atoms with E-state index in [4.69, 9.17) is 25.8 Å². The van der Waals surface area contributed by atoms with Crippen LogP contribution in [0.25, 0.3) is 0 Å². The second-order valence-corrected chi connectivity index (χ2v) is 5.65. The third kappa shape index (κ3) is 5.97. The highest BCUT2D eigenvalue weighted by molar-refractivity contribution is 6.32. The Kier molecular flexibility index (Phi) is 7.58. The van der Waals surface area contributed by atoms with Gasteiger partial charge >= 0.3 is 0 Å². The molecule has 1 amide bonds. The first kappa shape index (κ1) is 18.0. The number of halogens is 1. The molecule has 0 spiro atoms. The summed E-state index contributed by atoms with van der Waals surface area (Å²) in [5, 5.41) is 3.16. The largest absolute Gasteiger partial charge is 0.473 e. The number of pyridine rings is 1. The minimum Gasteiger partial charge on any atom is -0.473 e. The van der Waals surface area contributed by atoms with E-state index >= 15 is 0 Å². The van der Waals surface area contributed by atoms with Crippen molar-refractivity contribution < 1.29 is 19.0 Å². The van der Waals surface area contributed by atoms with Gasteiger partial charge in [-0.05, 0) is 19.4 Å². The molecule has 1 N–H and O–H groups in total. The van der Waals surface area contributed by atoms with Gasteiger partial charge in [-0.2, -0.15) is 0 Å². The topological polar surface area (TPSA) is 69.7 Å². The van der Waals surface area contributed by atoms with Gasteiger partial charge in [0.2, 0.25) is 5.88 Å². The molecule has 0 aromatic carbocycles. The van der Waals surface area contributed by atoms with Gasteiger partial charge in [-0.25, -0.2) is 4.98 Å². The first-order chi connectivity index (χ1) is 11.2. The van der Waals surface area contributed by atoms with E-state index in [9.17, 15) is 4.79 Å². The third-order valence-electron chi connectivity index (χ3n) is 3.47. The Morgan fingerprint density at radius 3 is 2.96 bits per heavy atom. The minimum atomic E-state index is -0.200. The van der Waals surface area contributed by atoms with Gasteiger partial charge in [0, 0.05) is 38.8 Å². The summed E-state index contributed by atoms with van der Waals surface area (Å²) in [6, 6.07) is 1.58. The van der Waals surface area contributed by atoms with Gasteiger partial charge in [-0.1, -0.05) is 11.6 Å². The molecule has 2 heterocycles. The van der Waals surface area contributed by atoms with E-state index in [1.807, 2.05) is 6.92 Å². The molecule has 2 rings (SSSR count). The summed E-state index contributed by atoms with van der Waals surface area (Å²) in [7, 11) is 0. The maximum absolute atomic E-state index is 12.0. The quantitative estimate of drug-likeness (QED) is 0.735. The molecule has 1 aromatic heterocycles. The first-order valence-corrected chi connectivity index (χ1v) is 8.34. The van der Waals surface area contributed by atoms with Crippen LogP contribution in [0.2, 0.25) is 5.02 Å². The Morgan fingerprint density at radius 2 is 2.26 bits per heavy atom. The molecule has 0 saturated carbocycles. The Morgan fingerprint density at radius 1 is 1.48 bits per heavy atom. The van der Waals surface area contributed by atoms with Gasteiger partial charge in [-0.3, -0.25) is 4.79 Å². The Hall–Kier alpha value is -1.37. The van der Waals surface area contributed by atoms with Crippen LogP contribution in [-0.2, 0) is 9.47 Å². The Bertz CT molecular complexity index is 507. The zero-order chi connectivity index (χ0) is 16.5. The lowest BCUT2D eigenvalue weighted by atomic mass is 10.1. The molecule has 0 bridgehead atoms. The molecular formula is C16H23ClN2O4. The minimum absolute atomic E-state index is 0.0620. The Labute approximate surface area is 141 Å². The Balaban J connectivity index is 1.84. The number of rotatable bonds is 8. The average Bonchev–Trinajstić information content (AvgIpc) is 2.57. The molecule has 0 radical (unpaired) electrons. The summed E-state index contributed by atoms with van der Waals surface area (Å²) in [6.45, 7) is 5.18. The highest BCUT2D eigenvalue weighted by Crippen LogP contribution is 2.25. The maximum Gasteiger partial charge on any atom is 0.252 e. The molecule has 0 aliphatic carbocycles. The van der Waals surface area contributed by atoms with Gasteiger partial charge in [-0.15, -0.1) is 0 Å². The fourth-order valence-electron chi connectivity index (χ4n) is 2.21. The maximum atomic E-state index is 12.0. The highest BCUT2D eigenvalue weighted by atomic mass is 35.5. The fourth-order valence-corrected chi connectivity index (χ4v) is 2.42. The van der Waals surface area contributed by atoms with Crippen molar-refractivity contribution in [2.24, 2.45) is 0 Å². The molecule has 7 heteroatoms. The van der Waals surface area contributed by atoms with E-state index in [0.29, 0.717) is 49.4 Å². The van der Waals surface area contributed by atoms with Crippen molar-refractivity contribution in [2.75, 3.05) is 33.0 Å². The number of hydrogen-bond donors (Lipinski definition) is 1. The van der Waals surface area contributed by atoms with Gasteiger partial charge in [0.1, 0.15) is 11.1 Å². The predicted octanol–water partition coefficient (Wildman–Crippen LogP) is 2.45. The lowest BCUT2D eigenvalue weighted by Gasteiger charge is -2.23. The third-order valence-corrected chi connectivity index (χ3v) is 3.74. The second-order valence-electron chi connectivity index (χ2n) is 5.25. The van der Waals surface area contributed by atoms with E-state index < -0.39 is 0 Å². The van der Waals surface area contributed by atoms with Crippen molar-refractivity contribution in [3.8, 4) is 5.88 Å². The number of carbonyl (C=O) groups is 1. The van der Waals surface area contributed by atoms with E-state index in [-0.39, 0.29) is 12.0 Å². The first-order valence-electron chi connectivity index (χ1n) is 7.96. The number of ether oxygens (including phenoxy) is 3. The standard InChI is InChI=1S/C16H23ClN2O4/c1-2-21-7-3-6-18-15(20)12-10-14(17)16(19-11-12)23-13-4-8-22-9-5-13/h10-11,13H,2-9H2,1H3,(H,18,20). The van der Waals surface area contributed by atoms with Crippen molar-refractivity contribution in [2.45, 2.75) is 32.3 Å². The number of amides is 1. The van der Waals surface area contributed by atoms with Crippen molar-refractivity contribution in [3.63, 3.8) is 0 Å². The summed E-state index contributed by atoms with van der Waals surface area (Å²) in [6.07, 6.45) is 3.96. The van der Waals surface area contributed by atoms with Gasteiger partial charge in [0.15, 0.2) is 0 Å².